The smallest absolute Gasteiger partial charge is 0.242 e. The zero-order chi connectivity index (χ0) is 20.5. The number of nitrogens with zero attached hydrogens (tertiary/aromatic N) is 1. The molecule has 0 heterocycles. The third-order valence-corrected chi connectivity index (χ3v) is 5.78. The van der Waals surface area contributed by atoms with Crippen LogP contribution in [0.15, 0.2) is 60.7 Å². The zero-order valence-corrected chi connectivity index (χ0v) is 17.3. The van der Waals surface area contributed by atoms with Crippen molar-refractivity contribution in [1.29, 1.82) is 0 Å². The van der Waals surface area contributed by atoms with Gasteiger partial charge in [-0.15, -0.1) is 0 Å². The minimum atomic E-state index is -0.486. The van der Waals surface area contributed by atoms with Gasteiger partial charge in [-0.05, 0) is 37.3 Å². The van der Waals surface area contributed by atoms with Crippen LogP contribution in [0.5, 0.6) is 0 Å². The molecule has 4 nitrogen and oxygen atoms in total. The first-order chi connectivity index (χ1) is 14.1. The van der Waals surface area contributed by atoms with Crippen LogP contribution in [0.4, 0.5) is 0 Å². The molecule has 0 saturated heterocycles. The molecule has 154 valence electrons. The quantitative estimate of drug-likeness (QED) is 0.720. The Morgan fingerprint density at radius 3 is 2.14 bits per heavy atom. The average Bonchev–Trinajstić information content (AvgIpc) is 2.77. The van der Waals surface area contributed by atoms with Gasteiger partial charge in [-0.1, -0.05) is 79.9 Å². The number of hydrogen-bond acceptors (Lipinski definition) is 2. The minimum absolute atomic E-state index is 0.0176. The third kappa shape index (κ3) is 6.45. The molecule has 4 heteroatoms. The number of rotatable bonds is 8. The Labute approximate surface area is 174 Å². The summed E-state index contributed by atoms with van der Waals surface area (Å²) in [6.07, 6.45) is 6.75. The molecule has 0 unspecified atom stereocenters. The molecule has 2 amide bonds. The number of amides is 2. The average molecular weight is 393 g/mol. The molecule has 1 aliphatic rings. The number of carbonyl (C=O) groups excluding carboxylic acids is 2. The van der Waals surface area contributed by atoms with E-state index in [1.807, 2.05) is 67.6 Å². The lowest BCUT2D eigenvalue weighted by Crippen LogP contribution is -2.50. The van der Waals surface area contributed by atoms with Crippen molar-refractivity contribution >= 4 is 11.8 Å². The minimum Gasteiger partial charge on any atom is -0.352 e. The Hall–Kier alpha value is -2.62. The second-order valence-electron chi connectivity index (χ2n) is 8.01. The Bertz CT molecular complexity index is 770. The maximum absolute atomic E-state index is 13.1. The topological polar surface area (TPSA) is 49.4 Å². The first kappa shape index (κ1) is 21.1. The van der Waals surface area contributed by atoms with Gasteiger partial charge in [0.1, 0.15) is 6.04 Å². The monoisotopic (exact) mass is 392 g/mol. The van der Waals surface area contributed by atoms with E-state index in [-0.39, 0.29) is 17.9 Å². The summed E-state index contributed by atoms with van der Waals surface area (Å²) in [5, 5.41) is 3.18. The van der Waals surface area contributed by atoms with Gasteiger partial charge in [-0.2, -0.15) is 0 Å². The van der Waals surface area contributed by atoms with E-state index in [0.29, 0.717) is 19.4 Å². The lowest BCUT2D eigenvalue weighted by molar-refractivity contribution is -0.141. The highest BCUT2D eigenvalue weighted by molar-refractivity contribution is 5.87. The highest BCUT2D eigenvalue weighted by atomic mass is 16.2. The zero-order valence-electron chi connectivity index (χ0n) is 17.3. The van der Waals surface area contributed by atoms with E-state index >= 15 is 0 Å². The Morgan fingerprint density at radius 1 is 0.931 bits per heavy atom. The van der Waals surface area contributed by atoms with Crippen molar-refractivity contribution in [2.24, 2.45) is 0 Å². The normalized spacial score (nSPS) is 15.5. The molecule has 2 aromatic rings. The number of benzene rings is 2. The summed E-state index contributed by atoms with van der Waals surface area (Å²) < 4.78 is 0. The van der Waals surface area contributed by atoms with Crippen molar-refractivity contribution < 1.29 is 9.59 Å². The van der Waals surface area contributed by atoms with Gasteiger partial charge in [0.25, 0.3) is 0 Å². The van der Waals surface area contributed by atoms with E-state index in [0.717, 1.165) is 24.0 Å². The Balaban J connectivity index is 1.67. The van der Waals surface area contributed by atoms with Crippen LogP contribution in [0.25, 0.3) is 0 Å². The second-order valence-corrected chi connectivity index (χ2v) is 8.01. The van der Waals surface area contributed by atoms with Gasteiger partial charge in [0.2, 0.25) is 11.8 Å². The molecule has 1 aliphatic carbocycles. The highest BCUT2D eigenvalue weighted by Crippen LogP contribution is 2.18. The molecule has 0 radical (unpaired) electrons. The molecular formula is C25H32N2O2. The van der Waals surface area contributed by atoms with Gasteiger partial charge < -0.3 is 10.2 Å². The van der Waals surface area contributed by atoms with Crippen LogP contribution >= 0.6 is 0 Å². The summed E-state index contributed by atoms with van der Waals surface area (Å²) in [6, 6.07) is 19.7. The standard InChI is InChI=1S/C25H32N2O2/c1-20(25(29)26-23-15-9-4-10-16-23)27(19-22-13-7-3-8-14-22)24(28)18-17-21-11-5-2-6-12-21/h2-3,5-8,11-14,20,23H,4,9-10,15-19H2,1H3,(H,26,29)/t20-/m1/s1. The molecule has 3 rings (SSSR count). The van der Waals surface area contributed by atoms with E-state index in [4.69, 9.17) is 0 Å². The molecule has 1 N–H and O–H groups in total. The van der Waals surface area contributed by atoms with Crippen LogP contribution in [-0.2, 0) is 22.6 Å². The van der Waals surface area contributed by atoms with Crippen molar-refractivity contribution in [2.75, 3.05) is 0 Å². The van der Waals surface area contributed by atoms with Gasteiger partial charge in [-0.3, -0.25) is 9.59 Å². The fourth-order valence-corrected chi connectivity index (χ4v) is 3.97. The lowest BCUT2D eigenvalue weighted by Gasteiger charge is -2.31. The van der Waals surface area contributed by atoms with Crippen LogP contribution in [0, 0.1) is 0 Å². The lowest BCUT2D eigenvalue weighted by atomic mass is 9.95. The van der Waals surface area contributed by atoms with Crippen molar-refractivity contribution in [3.8, 4) is 0 Å². The second kappa shape index (κ2) is 10.8. The molecule has 0 bridgehead atoms. The molecule has 29 heavy (non-hydrogen) atoms. The predicted molar refractivity (Wildman–Crippen MR) is 116 cm³/mol. The number of carbonyl (C=O) groups is 2. The van der Waals surface area contributed by atoms with Gasteiger partial charge in [0.05, 0.1) is 0 Å². The fraction of sp³-hybridized carbons (Fsp3) is 0.440. The van der Waals surface area contributed by atoms with Crippen LogP contribution in [0.3, 0.4) is 0 Å². The summed E-state index contributed by atoms with van der Waals surface area (Å²) in [4.78, 5) is 27.8. The maximum Gasteiger partial charge on any atom is 0.242 e. The van der Waals surface area contributed by atoms with Crippen LogP contribution in [0.2, 0.25) is 0 Å². The molecular weight excluding hydrogens is 360 g/mol. The number of nitrogens with one attached hydrogen (secondary N) is 1. The Kier molecular flexibility index (Phi) is 7.85. The van der Waals surface area contributed by atoms with Crippen molar-refractivity contribution in [2.45, 2.75) is 70.5 Å². The summed E-state index contributed by atoms with van der Waals surface area (Å²) >= 11 is 0. The summed E-state index contributed by atoms with van der Waals surface area (Å²) in [6.45, 7) is 2.30. The van der Waals surface area contributed by atoms with E-state index in [1.54, 1.807) is 4.90 Å². The third-order valence-electron chi connectivity index (χ3n) is 5.78. The van der Waals surface area contributed by atoms with E-state index < -0.39 is 6.04 Å². The van der Waals surface area contributed by atoms with E-state index in [1.165, 1.54) is 19.3 Å². The molecule has 1 atom stereocenters. The first-order valence-electron chi connectivity index (χ1n) is 10.8. The molecule has 0 aromatic heterocycles. The van der Waals surface area contributed by atoms with Gasteiger partial charge >= 0.3 is 0 Å². The van der Waals surface area contributed by atoms with E-state index in [2.05, 4.69) is 5.32 Å². The summed E-state index contributed by atoms with van der Waals surface area (Å²) in [5.41, 5.74) is 2.18. The molecule has 2 aromatic carbocycles. The predicted octanol–water partition coefficient (Wildman–Crippen LogP) is 4.49. The van der Waals surface area contributed by atoms with Crippen LogP contribution in [-0.4, -0.2) is 28.8 Å². The molecule has 1 fully saturated rings. The van der Waals surface area contributed by atoms with Gasteiger partial charge in [0, 0.05) is 19.0 Å². The summed E-state index contributed by atoms with van der Waals surface area (Å²) in [5.74, 6) is -0.0232. The van der Waals surface area contributed by atoms with Crippen molar-refractivity contribution in [3.63, 3.8) is 0 Å². The van der Waals surface area contributed by atoms with Crippen LogP contribution < -0.4 is 5.32 Å². The Morgan fingerprint density at radius 2 is 1.52 bits per heavy atom. The SMILES string of the molecule is C[C@H](C(=O)NC1CCCCC1)N(Cc1ccccc1)C(=O)CCc1ccccc1. The first-order valence-corrected chi connectivity index (χ1v) is 10.8. The highest BCUT2D eigenvalue weighted by Gasteiger charge is 2.27. The molecule has 0 spiro atoms. The maximum atomic E-state index is 13.1. The number of aryl methyl sites for hydroxylation is 1. The van der Waals surface area contributed by atoms with E-state index in [9.17, 15) is 9.59 Å². The summed E-state index contributed by atoms with van der Waals surface area (Å²) in [7, 11) is 0. The largest absolute Gasteiger partial charge is 0.352 e. The fourth-order valence-electron chi connectivity index (χ4n) is 3.97. The molecule has 1 saturated carbocycles. The van der Waals surface area contributed by atoms with Gasteiger partial charge in [0.15, 0.2) is 0 Å². The van der Waals surface area contributed by atoms with Gasteiger partial charge in [-0.25, -0.2) is 0 Å². The molecule has 0 aliphatic heterocycles. The van der Waals surface area contributed by atoms with Crippen molar-refractivity contribution in [3.05, 3.63) is 71.8 Å². The number of hydrogen-bond donors (Lipinski definition) is 1. The van der Waals surface area contributed by atoms with Crippen LogP contribution in [0.1, 0.15) is 56.6 Å². The van der Waals surface area contributed by atoms with Crippen molar-refractivity contribution in [1.82, 2.24) is 10.2 Å².